The lowest BCUT2D eigenvalue weighted by molar-refractivity contribution is -0.137. The van der Waals surface area contributed by atoms with Crippen molar-refractivity contribution in [1.82, 2.24) is 0 Å². The normalized spacial score (nSPS) is 29.7. The molecule has 1 atom stereocenters. The molecule has 1 aliphatic heterocycles. The second-order valence-electron chi connectivity index (χ2n) is 4.95. The van der Waals surface area contributed by atoms with Crippen molar-refractivity contribution in [1.29, 1.82) is 0 Å². The van der Waals surface area contributed by atoms with Gasteiger partial charge in [0.1, 0.15) is 6.10 Å². The molecule has 0 spiro atoms. The maximum Gasteiger partial charge on any atom is 0.164 e. The van der Waals surface area contributed by atoms with Crippen LogP contribution in [0, 0.1) is 5.92 Å². The number of carbonyl (C=O) groups excluding carboxylic acids is 1. The summed E-state index contributed by atoms with van der Waals surface area (Å²) in [5.41, 5.74) is 0. The van der Waals surface area contributed by atoms with E-state index >= 15 is 0 Å². The second kappa shape index (κ2) is 5.64. The highest BCUT2D eigenvalue weighted by atomic mass is 16.5. The summed E-state index contributed by atoms with van der Waals surface area (Å²) in [6.45, 7) is 0.795. The highest BCUT2D eigenvalue weighted by Gasteiger charge is 2.29. The van der Waals surface area contributed by atoms with Crippen LogP contribution < -0.4 is 0 Å². The average molecular weight is 210 g/mol. The zero-order valence-electron chi connectivity index (χ0n) is 9.54. The van der Waals surface area contributed by atoms with Gasteiger partial charge < -0.3 is 4.74 Å². The number of rotatable bonds is 2. The van der Waals surface area contributed by atoms with Gasteiger partial charge in [-0.25, -0.2) is 0 Å². The molecule has 0 aromatic rings. The average Bonchev–Trinajstić information content (AvgIpc) is 2.58. The summed E-state index contributed by atoms with van der Waals surface area (Å²) in [6, 6.07) is 0. The van der Waals surface area contributed by atoms with E-state index < -0.39 is 0 Å². The monoisotopic (exact) mass is 210 g/mol. The van der Waals surface area contributed by atoms with E-state index in [1.54, 1.807) is 0 Å². The van der Waals surface area contributed by atoms with Crippen LogP contribution in [-0.2, 0) is 9.53 Å². The van der Waals surface area contributed by atoms with Gasteiger partial charge in [0.05, 0.1) is 0 Å². The Morgan fingerprint density at radius 2 is 1.53 bits per heavy atom. The third-order valence-corrected chi connectivity index (χ3v) is 3.75. The highest BCUT2D eigenvalue weighted by Crippen LogP contribution is 2.27. The first-order chi connectivity index (χ1) is 7.38. The van der Waals surface area contributed by atoms with Crippen molar-refractivity contribution in [2.24, 2.45) is 5.92 Å². The van der Waals surface area contributed by atoms with E-state index in [9.17, 15) is 4.79 Å². The third-order valence-electron chi connectivity index (χ3n) is 3.75. The maximum absolute atomic E-state index is 12.2. The molecular weight excluding hydrogens is 188 g/mol. The number of hydrogen-bond acceptors (Lipinski definition) is 2. The molecule has 2 aliphatic rings. The van der Waals surface area contributed by atoms with Gasteiger partial charge in [-0.15, -0.1) is 0 Å². The first-order valence-electron chi connectivity index (χ1n) is 6.53. The molecule has 2 fully saturated rings. The fraction of sp³-hybridized carbons (Fsp3) is 0.923. The molecule has 0 aromatic carbocycles. The Morgan fingerprint density at radius 1 is 0.867 bits per heavy atom. The lowest BCUT2D eigenvalue weighted by atomic mass is 9.90. The van der Waals surface area contributed by atoms with E-state index in [1.807, 2.05) is 0 Å². The Kier molecular flexibility index (Phi) is 4.18. The van der Waals surface area contributed by atoms with E-state index in [0.717, 1.165) is 32.3 Å². The van der Waals surface area contributed by atoms with Gasteiger partial charge >= 0.3 is 0 Å². The van der Waals surface area contributed by atoms with E-state index in [-0.39, 0.29) is 6.10 Å². The summed E-state index contributed by atoms with van der Waals surface area (Å²) in [4.78, 5) is 12.2. The Balaban J connectivity index is 1.87. The molecule has 0 radical (unpaired) electrons. The summed E-state index contributed by atoms with van der Waals surface area (Å²) in [6.07, 6.45) is 10.5. The standard InChI is InChI=1S/C13H22O2/c14-13(12-9-5-6-10-15-12)11-7-3-1-2-4-8-11/h11-12H,1-10H2. The van der Waals surface area contributed by atoms with Crippen molar-refractivity contribution in [2.75, 3.05) is 6.61 Å². The van der Waals surface area contributed by atoms with Gasteiger partial charge in [0.2, 0.25) is 0 Å². The van der Waals surface area contributed by atoms with Gasteiger partial charge in [0.25, 0.3) is 0 Å². The maximum atomic E-state index is 12.2. The highest BCUT2D eigenvalue weighted by molar-refractivity contribution is 5.85. The van der Waals surface area contributed by atoms with Gasteiger partial charge in [0.15, 0.2) is 5.78 Å². The van der Waals surface area contributed by atoms with E-state index in [0.29, 0.717) is 11.7 Å². The minimum absolute atomic E-state index is 0.0538. The van der Waals surface area contributed by atoms with Crippen LogP contribution in [0.25, 0.3) is 0 Å². The second-order valence-corrected chi connectivity index (χ2v) is 4.95. The Morgan fingerprint density at radius 3 is 2.13 bits per heavy atom. The number of ether oxygens (including phenoxy) is 1. The molecule has 0 aromatic heterocycles. The number of hydrogen-bond donors (Lipinski definition) is 0. The van der Waals surface area contributed by atoms with Crippen LogP contribution in [0.15, 0.2) is 0 Å². The molecule has 1 unspecified atom stereocenters. The predicted molar refractivity (Wildman–Crippen MR) is 59.8 cm³/mol. The quantitative estimate of drug-likeness (QED) is 0.655. The molecule has 1 saturated carbocycles. The SMILES string of the molecule is O=C(C1CCCCCC1)C1CCCCO1. The number of ketones is 1. The molecule has 86 valence electrons. The first kappa shape index (κ1) is 11.1. The molecule has 0 N–H and O–H groups in total. The molecule has 1 aliphatic carbocycles. The Hall–Kier alpha value is -0.370. The molecule has 15 heavy (non-hydrogen) atoms. The fourth-order valence-corrected chi connectivity index (χ4v) is 2.79. The smallest absolute Gasteiger partial charge is 0.164 e. The van der Waals surface area contributed by atoms with Crippen molar-refractivity contribution in [3.63, 3.8) is 0 Å². The van der Waals surface area contributed by atoms with E-state index in [2.05, 4.69) is 0 Å². The van der Waals surface area contributed by atoms with E-state index in [1.165, 1.54) is 32.1 Å². The predicted octanol–water partition coefficient (Wildman–Crippen LogP) is 3.10. The summed E-state index contributed by atoms with van der Waals surface area (Å²) >= 11 is 0. The van der Waals surface area contributed by atoms with Crippen LogP contribution in [0.2, 0.25) is 0 Å². The summed E-state index contributed by atoms with van der Waals surface area (Å²) in [5.74, 6) is 0.729. The largest absolute Gasteiger partial charge is 0.370 e. The zero-order chi connectivity index (χ0) is 10.5. The molecular formula is C13H22O2. The van der Waals surface area contributed by atoms with Crippen molar-refractivity contribution in [3.8, 4) is 0 Å². The molecule has 0 amide bonds. The topological polar surface area (TPSA) is 26.3 Å². The molecule has 1 saturated heterocycles. The molecule has 1 heterocycles. The molecule has 2 heteroatoms. The van der Waals surface area contributed by atoms with Gasteiger partial charge in [-0.3, -0.25) is 4.79 Å². The first-order valence-corrected chi connectivity index (χ1v) is 6.53. The lowest BCUT2D eigenvalue weighted by Gasteiger charge is -2.25. The van der Waals surface area contributed by atoms with Crippen LogP contribution in [0.1, 0.15) is 57.8 Å². The summed E-state index contributed by atoms with van der Waals surface area (Å²) in [5, 5.41) is 0. The van der Waals surface area contributed by atoms with Crippen LogP contribution in [0.4, 0.5) is 0 Å². The number of carbonyl (C=O) groups is 1. The summed E-state index contributed by atoms with van der Waals surface area (Å²) < 4.78 is 5.58. The van der Waals surface area contributed by atoms with Gasteiger partial charge in [-0.05, 0) is 32.1 Å². The van der Waals surface area contributed by atoms with Crippen molar-refractivity contribution in [3.05, 3.63) is 0 Å². The number of Topliss-reactive ketones (excluding diaryl/α,β-unsaturated/α-hetero) is 1. The van der Waals surface area contributed by atoms with Crippen molar-refractivity contribution >= 4 is 5.78 Å². The third kappa shape index (κ3) is 3.04. The van der Waals surface area contributed by atoms with Crippen LogP contribution >= 0.6 is 0 Å². The van der Waals surface area contributed by atoms with E-state index in [4.69, 9.17) is 4.74 Å². The van der Waals surface area contributed by atoms with Gasteiger partial charge in [0, 0.05) is 12.5 Å². The zero-order valence-corrected chi connectivity index (χ0v) is 9.54. The van der Waals surface area contributed by atoms with Crippen LogP contribution in [0.5, 0.6) is 0 Å². The molecule has 0 bridgehead atoms. The fourth-order valence-electron chi connectivity index (χ4n) is 2.79. The van der Waals surface area contributed by atoms with Gasteiger partial charge in [-0.2, -0.15) is 0 Å². The summed E-state index contributed by atoms with van der Waals surface area (Å²) in [7, 11) is 0. The lowest BCUT2D eigenvalue weighted by Crippen LogP contribution is -2.33. The van der Waals surface area contributed by atoms with Crippen LogP contribution in [0.3, 0.4) is 0 Å². The van der Waals surface area contributed by atoms with Crippen molar-refractivity contribution < 1.29 is 9.53 Å². The Labute approximate surface area is 92.4 Å². The molecule has 2 rings (SSSR count). The Bertz CT molecular complexity index is 199. The minimum Gasteiger partial charge on any atom is -0.370 e. The minimum atomic E-state index is -0.0538. The van der Waals surface area contributed by atoms with Gasteiger partial charge in [-0.1, -0.05) is 25.7 Å². The van der Waals surface area contributed by atoms with Crippen LogP contribution in [-0.4, -0.2) is 18.5 Å². The van der Waals surface area contributed by atoms with Crippen molar-refractivity contribution in [2.45, 2.75) is 63.9 Å². The molecule has 2 nitrogen and oxygen atoms in total.